The van der Waals surface area contributed by atoms with E-state index in [0.717, 1.165) is 25.9 Å². The second-order valence-corrected chi connectivity index (χ2v) is 4.47. The van der Waals surface area contributed by atoms with Crippen LogP contribution >= 0.6 is 0 Å². The van der Waals surface area contributed by atoms with Crippen molar-refractivity contribution >= 4 is 11.6 Å². The number of nitro benzene ring substituents is 1. The van der Waals surface area contributed by atoms with Crippen LogP contribution in [0, 0.1) is 10.1 Å². The number of rotatable bonds is 5. The van der Waals surface area contributed by atoms with Crippen molar-refractivity contribution in [2.24, 2.45) is 0 Å². The van der Waals surface area contributed by atoms with Gasteiger partial charge in [-0.25, -0.2) is 0 Å². The fraction of sp³-hybridized carbons (Fsp3) is 0.462. The first kappa shape index (κ1) is 14.1. The number of hydrogen-bond donors (Lipinski definition) is 0. The van der Waals surface area contributed by atoms with Crippen LogP contribution in [0.2, 0.25) is 0 Å². The molecule has 7 nitrogen and oxygen atoms in total. The second kappa shape index (κ2) is 6.23. The lowest BCUT2D eigenvalue weighted by atomic mass is 10.3. The third-order valence-corrected chi connectivity index (χ3v) is 3.17. The molecule has 108 valence electrons. The Labute approximate surface area is 116 Å². The SMILES string of the molecule is COc1ccc([N+](=O)[O-])cc1OCC(=O)N1CCCC1. The van der Waals surface area contributed by atoms with E-state index in [0.29, 0.717) is 5.75 Å². The fourth-order valence-electron chi connectivity index (χ4n) is 2.09. The van der Waals surface area contributed by atoms with Crippen LogP contribution in [-0.2, 0) is 4.79 Å². The Kier molecular flexibility index (Phi) is 4.39. The van der Waals surface area contributed by atoms with Crippen molar-refractivity contribution in [3.05, 3.63) is 28.3 Å². The molecule has 0 spiro atoms. The van der Waals surface area contributed by atoms with E-state index in [-0.39, 0.29) is 24.0 Å². The first-order valence-electron chi connectivity index (χ1n) is 6.35. The second-order valence-electron chi connectivity index (χ2n) is 4.47. The van der Waals surface area contributed by atoms with Crippen molar-refractivity contribution in [2.45, 2.75) is 12.8 Å². The predicted molar refractivity (Wildman–Crippen MR) is 71.0 cm³/mol. The van der Waals surface area contributed by atoms with E-state index in [1.807, 2.05) is 0 Å². The average Bonchev–Trinajstić information content (AvgIpc) is 2.98. The topological polar surface area (TPSA) is 81.9 Å². The lowest BCUT2D eigenvalue weighted by molar-refractivity contribution is -0.385. The minimum Gasteiger partial charge on any atom is -0.493 e. The molecule has 7 heteroatoms. The van der Waals surface area contributed by atoms with Crippen LogP contribution < -0.4 is 9.47 Å². The van der Waals surface area contributed by atoms with Gasteiger partial charge in [0.25, 0.3) is 11.6 Å². The molecular weight excluding hydrogens is 264 g/mol. The van der Waals surface area contributed by atoms with Gasteiger partial charge in [0.15, 0.2) is 18.1 Å². The molecule has 1 heterocycles. The Balaban J connectivity index is 2.05. The van der Waals surface area contributed by atoms with Gasteiger partial charge in [-0.15, -0.1) is 0 Å². The number of benzene rings is 1. The van der Waals surface area contributed by atoms with Crippen LogP contribution in [-0.4, -0.2) is 42.5 Å². The smallest absolute Gasteiger partial charge is 0.273 e. The quantitative estimate of drug-likeness (QED) is 0.604. The largest absolute Gasteiger partial charge is 0.493 e. The zero-order chi connectivity index (χ0) is 14.5. The van der Waals surface area contributed by atoms with Gasteiger partial charge in [0.2, 0.25) is 0 Å². The standard InChI is InChI=1S/C13H16N2O5/c1-19-11-5-4-10(15(17)18)8-12(11)20-9-13(16)14-6-2-3-7-14/h4-5,8H,2-3,6-7,9H2,1H3. The highest BCUT2D eigenvalue weighted by atomic mass is 16.6. The number of likely N-dealkylation sites (tertiary alicyclic amines) is 1. The Bertz CT molecular complexity index is 511. The van der Waals surface area contributed by atoms with Crippen molar-refractivity contribution in [1.82, 2.24) is 4.90 Å². The monoisotopic (exact) mass is 280 g/mol. The molecule has 0 unspecified atom stereocenters. The van der Waals surface area contributed by atoms with Crippen molar-refractivity contribution < 1.29 is 19.2 Å². The Morgan fingerprint density at radius 1 is 1.35 bits per heavy atom. The van der Waals surface area contributed by atoms with E-state index in [1.54, 1.807) is 4.90 Å². The molecule has 20 heavy (non-hydrogen) atoms. The van der Waals surface area contributed by atoms with Crippen LogP contribution in [0.1, 0.15) is 12.8 Å². The summed E-state index contributed by atoms with van der Waals surface area (Å²) in [7, 11) is 1.44. The molecule has 0 atom stereocenters. The van der Waals surface area contributed by atoms with Crippen molar-refractivity contribution in [1.29, 1.82) is 0 Å². The zero-order valence-electron chi connectivity index (χ0n) is 11.2. The highest BCUT2D eigenvalue weighted by molar-refractivity contribution is 5.78. The van der Waals surface area contributed by atoms with E-state index in [1.165, 1.54) is 25.3 Å². The molecule has 1 amide bonds. The summed E-state index contributed by atoms with van der Waals surface area (Å²) in [6.07, 6.45) is 2.01. The summed E-state index contributed by atoms with van der Waals surface area (Å²) in [4.78, 5) is 23.8. The highest BCUT2D eigenvalue weighted by Gasteiger charge is 2.19. The van der Waals surface area contributed by atoms with Gasteiger partial charge in [0.1, 0.15) is 0 Å². The number of methoxy groups -OCH3 is 1. The summed E-state index contributed by atoms with van der Waals surface area (Å²) in [5, 5.41) is 10.7. The first-order valence-corrected chi connectivity index (χ1v) is 6.35. The van der Waals surface area contributed by atoms with E-state index >= 15 is 0 Å². The minimum absolute atomic E-state index is 0.102. The van der Waals surface area contributed by atoms with Gasteiger partial charge in [-0.2, -0.15) is 0 Å². The normalized spacial score (nSPS) is 14.2. The lowest BCUT2D eigenvalue weighted by Gasteiger charge is -2.16. The number of amides is 1. The summed E-state index contributed by atoms with van der Waals surface area (Å²) in [6.45, 7) is 1.35. The molecule has 0 N–H and O–H groups in total. The molecule has 1 saturated heterocycles. The van der Waals surface area contributed by atoms with Crippen LogP contribution in [0.25, 0.3) is 0 Å². The zero-order valence-corrected chi connectivity index (χ0v) is 11.2. The highest BCUT2D eigenvalue weighted by Crippen LogP contribution is 2.31. The third-order valence-electron chi connectivity index (χ3n) is 3.17. The molecule has 1 fully saturated rings. The molecule has 1 aliphatic rings. The first-order chi connectivity index (χ1) is 9.61. The number of non-ortho nitro benzene ring substituents is 1. The van der Waals surface area contributed by atoms with Gasteiger partial charge in [-0.05, 0) is 18.9 Å². The Hall–Kier alpha value is -2.31. The van der Waals surface area contributed by atoms with Crippen molar-refractivity contribution in [3.8, 4) is 11.5 Å². The molecule has 1 aromatic carbocycles. The maximum Gasteiger partial charge on any atom is 0.273 e. The molecule has 1 aromatic rings. The molecule has 0 aromatic heterocycles. The number of ether oxygens (including phenoxy) is 2. The average molecular weight is 280 g/mol. The minimum atomic E-state index is -0.519. The van der Waals surface area contributed by atoms with Crippen LogP contribution in [0.4, 0.5) is 5.69 Å². The van der Waals surface area contributed by atoms with Gasteiger partial charge in [-0.1, -0.05) is 0 Å². The van der Waals surface area contributed by atoms with Gasteiger partial charge < -0.3 is 14.4 Å². The van der Waals surface area contributed by atoms with Crippen LogP contribution in [0.5, 0.6) is 11.5 Å². The van der Waals surface area contributed by atoms with E-state index in [9.17, 15) is 14.9 Å². The lowest BCUT2D eigenvalue weighted by Crippen LogP contribution is -2.32. The van der Waals surface area contributed by atoms with Crippen LogP contribution in [0.3, 0.4) is 0 Å². The number of nitro groups is 1. The number of nitrogens with zero attached hydrogens (tertiary/aromatic N) is 2. The summed E-state index contributed by atoms with van der Waals surface area (Å²) in [5.74, 6) is 0.454. The molecule has 2 rings (SSSR count). The number of carbonyl (C=O) groups excluding carboxylic acids is 1. The summed E-state index contributed by atoms with van der Waals surface area (Å²) in [5.41, 5.74) is -0.102. The Morgan fingerprint density at radius 2 is 2.05 bits per heavy atom. The maximum atomic E-state index is 11.9. The molecule has 1 aliphatic heterocycles. The molecule has 0 aliphatic carbocycles. The summed E-state index contributed by atoms with van der Waals surface area (Å²) >= 11 is 0. The van der Waals surface area contributed by atoms with E-state index in [2.05, 4.69) is 0 Å². The van der Waals surface area contributed by atoms with E-state index < -0.39 is 4.92 Å². The van der Waals surface area contributed by atoms with Gasteiger partial charge in [0, 0.05) is 19.2 Å². The van der Waals surface area contributed by atoms with Crippen molar-refractivity contribution in [3.63, 3.8) is 0 Å². The molecule has 0 bridgehead atoms. The Morgan fingerprint density at radius 3 is 2.65 bits per heavy atom. The molecule has 0 radical (unpaired) electrons. The van der Waals surface area contributed by atoms with Gasteiger partial charge >= 0.3 is 0 Å². The number of carbonyl (C=O) groups is 1. The third kappa shape index (κ3) is 3.17. The fourth-order valence-corrected chi connectivity index (χ4v) is 2.09. The van der Waals surface area contributed by atoms with E-state index in [4.69, 9.17) is 9.47 Å². The maximum absolute atomic E-state index is 11.9. The van der Waals surface area contributed by atoms with Gasteiger partial charge in [0.05, 0.1) is 18.1 Å². The predicted octanol–water partition coefficient (Wildman–Crippen LogP) is 1.60. The molecule has 0 saturated carbocycles. The van der Waals surface area contributed by atoms with Crippen LogP contribution in [0.15, 0.2) is 18.2 Å². The molecular formula is C13H16N2O5. The summed E-state index contributed by atoms with van der Waals surface area (Å²) < 4.78 is 10.4. The number of hydrogen-bond acceptors (Lipinski definition) is 5. The van der Waals surface area contributed by atoms with Crippen molar-refractivity contribution in [2.75, 3.05) is 26.8 Å². The summed E-state index contributed by atoms with van der Waals surface area (Å²) in [6, 6.07) is 4.04. The van der Waals surface area contributed by atoms with Gasteiger partial charge in [-0.3, -0.25) is 14.9 Å².